The third kappa shape index (κ3) is 13.6. The predicted octanol–water partition coefficient (Wildman–Crippen LogP) is 21.7. The van der Waals surface area contributed by atoms with Gasteiger partial charge < -0.3 is 0 Å². The van der Waals surface area contributed by atoms with E-state index in [1.807, 2.05) is 0 Å². The van der Waals surface area contributed by atoms with E-state index in [1.54, 1.807) is 0 Å². The number of fused-ring (bicyclic) bond motifs is 12. The third-order valence-corrected chi connectivity index (χ3v) is 22.2. The van der Waals surface area contributed by atoms with Crippen LogP contribution in [-0.2, 0) is 66.7 Å². The summed E-state index contributed by atoms with van der Waals surface area (Å²) in [7, 11) is 8.70. The molecular formula is C97H106N4+4. The van der Waals surface area contributed by atoms with E-state index < -0.39 is 0 Å². The molecule has 0 N–H and O–H groups in total. The Morgan fingerprint density at radius 1 is 0.307 bits per heavy atom. The average molecular weight is 1330 g/mol. The van der Waals surface area contributed by atoms with Crippen molar-refractivity contribution >= 4 is 0 Å². The van der Waals surface area contributed by atoms with Gasteiger partial charge in [-0.25, -0.2) is 18.3 Å². The highest BCUT2D eigenvalue weighted by Crippen LogP contribution is 2.47. The first-order valence-corrected chi connectivity index (χ1v) is 37.0. The molecule has 4 aliphatic carbocycles. The van der Waals surface area contributed by atoms with Crippen LogP contribution < -0.4 is 18.3 Å². The molecule has 4 nitrogen and oxygen atoms in total. The second kappa shape index (κ2) is 28.1. The largest absolute Gasteiger partial charge is 0.213 e. The molecule has 12 aromatic rings. The van der Waals surface area contributed by atoms with Crippen molar-refractivity contribution in [2.24, 2.45) is 39.5 Å². The number of hydrogen-bond donors (Lipinski definition) is 0. The maximum atomic E-state index is 2.44. The van der Waals surface area contributed by atoms with Gasteiger partial charge in [-0.15, -0.1) is 0 Å². The predicted molar refractivity (Wildman–Crippen MR) is 424 cm³/mol. The highest BCUT2D eigenvalue weighted by Gasteiger charge is 2.32. The maximum absolute atomic E-state index is 2.44. The maximum Gasteiger partial charge on any atom is 0.213 e. The number of rotatable bonds is 8. The summed E-state index contributed by atoms with van der Waals surface area (Å²) in [5.74, 6) is 1.20. The molecule has 0 radical (unpaired) electrons. The summed E-state index contributed by atoms with van der Waals surface area (Å²) in [6.45, 7) is 36.2. The van der Waals surface area contributed by atoms with Crippen LogP contribution in [0.3, 0.4) is 0 Å². The summed E-state index contributed by atoms with van der Waals surface area (Å²) in [5.41, 5.74) is 50.9. The molecule has 16 rings (SSSR count). The topological polar surface area (TPSA) is 15.5 Å². The molecule has 510 valence electrons. The Hall–Kier alpha value is -9.64. The lowest BCUT2D eigenvalue weighted by Gasteiger charge is -2.20. The summed E-state index contributed by atoms with van der Waals surface area (Å²) in [5, 5.41) is 0. The molecule has 4 aromatic heterocycles. The number of pyridine rings is 4. The Labute approximate surface area is 604 Å². The summed E-state index contributed by atoms with van der Waals surface area (Å²) in [6, 6.07) is 63.3. The van der Waals surface area contributed by atoms with Gasteiger partial charge in [0.1, 0.15) is 28.2 Å². The van der Waals surface area contributed by atoms with E-state index in [9.17, 15) is 0 Å². The zero-order valence-corrected chi connectivity index (χ0v) is 64.2. The van der Waals surface area contributed by atoms with Crippen LogP contribution >= 0.6 is 0 Å². The van der Waals surface area contributed by atoms with E-state index in [1.165, 1.54) is 201 Å². The molecule has 0 aliphatic heterocycles. The van der Waals surface area contributed by atoms with E-state index >= 15 is 0 Å². The van der Waals surface area contributed by atoms with Gasteiger partial charge in [0.25, 0.3) is 0 Å². The first kappa shape index (κ1) is 69.8. The standard InChI is InChI=1S/C26H30N.C25H28N.C24H26N.C22H22N/c1-17-11-12-22-21-10-8-7-9-19(21)13-23(22)25(17)24-14-20(15-26(3,4)5)18(2)16-27(24)6;1-16(2)12-20-14-24(26(5)15-18(20)4)25-17(3)10-11-22-21-9-7-6-8-19(21)13-23(22)25;1-15(2)21-13-23(25(5)14-17(21)4)24-16(3)10-11-20-19-9-7-6-8-18(19)12-22(20)24;1-14-9-10-19-18-8-6-5-7-17(18)12-20(19)22(14)21-11-15(2)16(3)13-23(21)4/h7-12,14,16H,13,15H2,1-6H3;6-11,14-16H,12-13H2,1-5H3;6-11,13-15H,12H2,1-5H3;5-11,13H,12H2,1-4H3/q4*+1. The average Bonchev–Trinajstić information content (AvgIpc) is 1.65. The van der Waals surface area contributed by atoms with Crippen molar-refractivity contribution in [1.82, 2.24) is 0 Å². The minimum atomic E-state index is 0.284. The number of aryl methyl sites for hydroxylation is 13. The van der Waals surface area contributed by atoms with Gasteiger partial charge in [-0.3, -0.25) is 0 Å². The van der Waals surface area contributed by atoms with Gasteiger partial charge in [-0.05, 0) is 252 Å². The summed E-state index contributed by atoms with van der Waals surface area (Å²) in [6.07, 6.45) is 15.5. The summed E-state index contributed by atoms with van der Waals surface area (Å²) in [4.78, 5) is 0. The van der Waals surface area contributed by atoms with Crippen molar-refractivity contribution < 1.29 is 18.3 Å². The van der Waals surface area contributed by atoms with Crippen LogP contribution in [0, 0.1) is 73.6 Å². The Morgan fingerprint density at radius 3 is 0.941 bits per heavy atom. The van der Waals surface area contributed by atoms with Crippen LogP contribution in [0.4, 0.5) is 0 Å². The molecule has 4 aliphatic rings. The Morgan fingerprint density at radius 2 is 0.604 bits per heavy atom. The third-order valence-electron chi connectivity index (χ3n) is 22.2. The Kier molecular flexibility index (Phi) is 19.4. The molecule has 0 saturated carbocycles. The molecule has 0 saturated heterocycles. The van der Waals surface area contributed by atoms with Crippen molar-refractivity contribution in [2.75, 3.05) is 0 Å². The van der Waals surface area contributed by atoms with Crippen LogP contribution in [0.1, 0.15) is 166 Å². The summed E-state index contributed by atoms with van der Waals surface area (Å²) < 4.78 is 9.19. The zero-order chi connectivity index (χ0) is 71.6. The van der Waals surface area contributed by atoms with Crippen molar-refractivity contribution in [2.45, 2.75) is 155 Å². The Balaban J connectivity index is 0.000000121. The molecule has 0 bridgehead atoms. The minimum absolute atomic E-state index is 0.284. The number of hydrogen-bond acceptors (Lipinski definition) is 0. The SMILES string of the molecule is Cc1c[n+](C)c(-c2c(C)ccc3c2Cc2ccccc2-3)cc1C(C)C.Cc1c[n+](C)c(-c2c(C)ccc3c2Cc2ccccc2-3)cc1CC(C)(C)C.Cc1c[n+](C)c(-c2c(C)ccc3c2Cc2ccccc2-3)cc1CC(C)C.Cc1cc(-c2c(C)ccc3c2Cc2ccccc2-3)[n+](C)cc1C. The van der Waals surface area contributed by atoms with E-state index in [0.717, 1.165) is 38.5 Å². The van der Waals surface area contributed by atoms with Gasteiger partial charge in [0.15, 0.2) is 24.8 Å². The van der Waals surface area contributed by atoms with Crippen LogP contribution in [0.2, 0.25) is 0 Å². The first-order chi connectivity index (χ1) is 48.2. The molecule has 8 aromatic carbocycles. The zero-order valence-electron chi connectivity index (χ0n) is 64.2. The molecular weight excluding hydrogens is 1220 g/mol. The van der Waals surface area contributed by atoms with Gasteiger partial charge >= 0.3 is 0 Å². The summed E-state index contributed by atoms with van der Waals surface area (Å²) >= 11 is 0. The highest BCUT2D eigenvalue weighted by molar-refractivity contribution is 5.89. The quantitative estimate of drug-likeness (QED) is 0.135. The molecule has 0 unspecified atom stereocenters. The minimum Gasteiger partial charge on any atom is -0.201 e. The molecule has 4 heterocycles. The lowest BCUT2D eigenvalue weighted by molar-refractivity contribution is -0.661. The van der Waals surface area contributed by atoms with Gasteiger partial charge in [0, 0.05) is 46.5 Å². The number of benzene rings is 8. The molecule has 0 spiro atoms. The van der Waals surface area contributed by atoms with Gasteiger partial charge in [0.2, 0.25) is 22.8 Å². The van der Waals surface area contributed by atoms with E-state index in [4.69, 9.17) is 0 Å². The van der Waals surface area contributed by atoms with Crippen LogP contribution in [0.15, 0.2) is 195 Å². The molecule has 4 heteroatoms. The second-order valence-corrected chi connectivity index (χ2v) is 32.0. The fourth-order valence-corrected chi connectivity index (χ4v) is 17.1. The van der Waals surface area contributed by atoms with E-state index in [-0.39, 0.29) is 5.41 Å². The lowest BCUT2D eigenvalue weighted by Crippen LogP contribution is -2.32. The van der Waals surface area contributed by atoms with Crippen molar-refractivity contribution in [3.05, 3.63) is 306 Å². The van der Waals surface area contributed by atoms with E-state index in [0.29, 0.717) is 11.8 Å². The molecule has 101 heavy (non-hydrogen) atoms. The van der Waals surface area contributed by atoms with Gasteiger partial charge in [-0.1, -0.05) is 194 Å². The smallest absolute Gasteiger partial charge is 0.201 e. The molecule has 0 atom stereocenters. The highest BCUT2D eigenvalue weighted by atomic mass is 14.9. The first-order valence-electron chi connectivity index (χ1n) is 37.0. The second-order valence-electron chi connectivity index (χ2n) is 32.0. The number of nitrogens with zero attached hydrogens (tertiary/aromatic N) is 4. The van der Waals surface area contributed by atoms with Crippen LogP contribution in [0.5, 0.6) is 0 Å². The van der Waals surface area contributed by atoms with Gasteiger partial charge in [-0.2, -0.15) is 0 Å². The van der Waals surface area contributed by atoms with Gasteiger partial charge in [0.05, 0.1) is 22.3 Å². The van der Waals surface area contributed by atoms with Crippen molar-refractivity contribution in [3.8, 4) is 89.5 Å². The fraction of sp³-hybridized carbons (Fsp3) is 0.299. The Bertz CT molecular complexity index is 5250. The molecule has 0 amide bonds. The molecule has 0 fully saturated rings. The fourth-order valence-electron chi connectivity index (χ4n) is 17.1. The van der Waals surface area contributed by atoms with Crippen LogP contribution in [0.25, 0.3) is 89.5 Å². The van der Waals surface area contributed by atoms with E-state index in [2.05, 4.69) is 352 Å². The van der Waals surface area contributed by atoms with Crippen LogP contribution in [-0.4, -0.2) is 0 Å². The van der Waals surface area contributed by atoms with Crippen molar-refractivity contribution in [1.29, 1.82) is 0 Å². The lowest BCUT2D eigenvalue weighted by atomic mass is 9.85. The normalized spacial score (nSPS) is 12.5. The monoisotopic (exact) mass is 1330 g/mol. The van der Waals surface area contributed by atoms with Crippen molar-refractivity contribution in [3.63, 3.8) is 0 Å². The number of aromatic nitrogens is 4.